The van der Waals surface area contributed by atoms with Gasteiger partial charge in [-0.1, -0.05) is 5.21 Å². The van der Waals surface area contributed by atoms with Gasteiger partial charge in [-0.3, -0.25) is 4.90 Å². The Balaban J connectivity index is 1.67. The van der Waals surface area contributed by atoms with Gasteiger partial charge in [-0.2, -0.15) is 5.21 Å². The van der Waals surface area contributed by atoms with Gasteiger partial charge in [0.25, 0.3) is 0 Å². The summed E-state index contributed by atoms with van der Waals surface area (Å²) in [6.45, 7) is 0.125. The lowest BCUT2D eigenvalue weighted by molar-refractivity contribution is -0.141. The number of aliphatic carboxylic acids is 1. The molecule has 1 aromatic rings. The molecule has 2 atom stereocenters. The van der Waals surface area contributed by atoms with Crippen molar-refractivity contribution in [3.63, 3.8) is 0 Å². The molecule has 3 rings (SSSR count). The van der Waals surface area contributed by atoms with Gasteiger partial charge in [0, 0.05) is 5.75 Å². The lowest BCUT2D eigenvalue weighted by Gasteiger charge is -2.27. The molecule has 1 aliphatic heterocycles. The second-order valence-corrected chi connectivity index (χ2v) is 5.96. The van der Waals surface area contributed by atoms with Crippen LogP contribution in [0, 0.1) is 5.92 Å². The number of hydrogen-bond acceptors (Lipinski definition) is 6. The summed E-state index contributed by atoms with van der Waals surface area (Å²) in [5.41, 5.74) is 0. The number of carboxylic acids is 1. The van der Waals surface area contributed by atoms with E-state index >= 15 is 0 Å². The highest BCUT2D eigenvalue weighted by Gasteiger charge is 2.48. The molecule has 20 heavy (non-hydrogen) atoms. The zero-order valence-electron chi connectivity index (χ0n) is 10.5. The van der Waals surface area contributed by atoms with Crippen LogP contribution in [0.5, 0.6) is 0 Å². The Morgan fingerprint density at radius 2 is 2.30 bits per heavy atom. The van der Waals surface area contributed by atoms with Crippen LogP contribution in [0.1, 0.15) is 18.7 Å². The average Bonchev–Trinajstić information content (AvgIpc) is 2.97. The van der Waals surface area contributed by atoms with Crippen molar-refractivity contribution < 1.29 is 14.7 Å². The third-order valence-electron chi connectivity index (χ3n) is 3.37. The van der Waals surface area contributed by atoms with Crippen LogP contribution >= 0.6 is 11.8 Å². The van der Waals surface area contributed by atoms with Crippen LogP contribution in [0.4, 0.5) is 4.79 Å². The zero-order chi connectivity index (χ0) is 14.1. The van der Waals surface area contributed by atoms with Crippen molar-refractivity contribution in [1.29, 1.82) is 0 Å². The summed E-state index contributed by atoms with van der Waals surface area (Å²) < 4.78 is 0. The van der Waals surface area contributed by atoms with Gasteiger partial charge in [0.1, 0.15) is 6.04 Å². The number of thioether (sulfide) groups is 1. The molecule has 10 heteroatoms. The maximum atomic E-state index is 12.2. The first-order valence-corrected chi connectivity index (χ1v) is 7.34. The number of aromatic amines is 1. The minimum Gasteiger partial charge on any atom is -0.480 e. The predicted molar refractivity (Wildman–Crippen MR) is 68.6 cm³/mol. The number of carbonyl (C=O) groups excluding carboxylic acids is 1. The molecule has 0 aromatic carbocycles. The molecule has 1 saturated carbocycles. The molecule has 0 radical (unpaired) electrons. The SMILES string of the molecule is O=C(O)C1CSC(C2CC2)N1C(=O)NCc1nn[nH]n1. The number of nitrogens with zero attached hydrogens (tertiary/aromatic N) is 4. The smallest absolute Gasteiger partial charge is 0.327 e. The van der Waals surface area contributed by atoms with Crippen molar-refractivity contribution in [1.82, 2.24) is 30.8 Å². The molecular weight excluding hydrogens is 284 g/mol. The second kappa shape index (κ2) is 5.27. The van der Waals surface area contributed by atoms with Crippen LogP contribution < -0.4 is 5.32 Å². The van der Waals surface area contributed by atoms with E-state index in [4.69, 9.17) is 0 Å². The number of nitrogens with one attached hydrogen (secondary N) is 2. The van der Waals surface area contributed by atoms with Gasteiger partial charge in [-0.15, -0.1) is 22.0 Å². The Labute approximate surface area is 118 Å². The second-order valence-electron chi connectivity index (χ2n) is 4.81. The molecular formula is C10H14N6O3S. The number of aromatic nitrogens is 4. The molecule has 2 fully saturated rings. The molecule has 0 spiro atoms. The molecule has 108 valence electrons. The normalized spacial score (nSPS) is 25.7. The van der Waals surface area contributed by atoms with Gasteiger partial charge >= 0.3 is 12.0 Å². The van der Waals surface area contributed by atoms with Gasteiger partial charge < -0.3 is 10.4 Å². The van der Waals surface area contributed by atoms with Gasteiger partial charge in [-0.25, -0.2) is 9.59 Å². The third-order valence-corrected chi connectivity index (χ3v) is 4.83. The molecule has 9 nitrogen and oxygen atoms in total. The molecule has 2 amide bonds. The monoisotopic (exact) mass is 298 g/mol. The lowest BCUT2D eigenvalue weighted by Crippen LogP contribution is -2.50. The van der Waals surface area contributed by atoms with E-state index < -0.39 is 12.0 Å². The highest BCUT2D eigenvalue weighted by molar-refractivity contribution is 8.00. The Kier molecular flexibility index (Phi) is 3.47. The molecule has 2 aliphatic rings. The predicted octanol–water partition coefficient (Wildman–Crippen LogP) is -0.353. The maximum absolute atomic E-state index is 12.2. The van der Waals surface area contributed by atoms with E-state index in [1.54, 1.807) is 11.8 Å². The van der Waals surface area contributed by atoms with Gasteiger partial charge in [0.05, 0.1) is 11.9 Å². The summed E-state index contributed by atoms with van der Waals surface area (Å²) in [5.74, 6) is 0.252. The summed E-state index contributed by atoms with van der Waals surface area (Å²) in [5, 5.41) is 25.0. The first-order valence-electron chi connectivity index (χ1n) is 6.29. The van der Waals surface area contributed by atoms with Crippen LogP contribution in [0.15, 0.2) is 0 Å². The fourth-order valence-corrected chi connectivity index (χ4v) is 3.85. The van der Waals surface area contributed by atoms with Crippen molar-refractivity contribution in [2.45, 2.75) is 30.8 Å². The minimum absolute atomic E-state index is 0.0404. The van der Waals surface area contributed by atoms with Crippen molar-refractivity contribution >= 4 is 23.8 Å². The number of hydrogen-bond donors (Lipinski definition) is 3. The zero-order valence-corrected chi connectivity index (χ0v) is 11.3. The number of carbonyl (C=O) groups is 2. The molecule has 1 saturated heterocycles. The van der Waals surface area contributed by atoms with Crippen molar-refractivity contribution in [2.75, 3.05) is 5.75 Å². The van der Waals surface area contributed by atoms with Crippen molar-refractivity contribution in [3.8, 4) is 0 Å². The number of urea groups is 1. The first-order chi connectivity index (χ1) is 9.66. The number of amides is 2. The van der Waals surface area contributed by atoms with E-state index in [1.165, 1.54) is 4.90 Å². The molecule has 1 aliphatic carbocycles. The standard InChI is InChI=1S/C10H14N6O3S/c17-9(18)6-4-20-8(5-1-2-5)16(6)10(19)11-3-7-12-14-15-13-7/h5-6,8H,1-4H2,(H,11,19)(H,17,18)(H,12,13,14,15). The lowest BCUT2D eigenvalue weighted by atomic mass is 10.2. The topological polar surface area (TPSA) is 124 Å². The quantitative estimate of drug-likeness (QED) is 0.693. The van der Waals surface area contributed by atoms with Crippen LogP contribution in [0.25, 0.3) is 0 Å². The molecule has 0 bridgehead atoms. The van der Waals surface area contributed by atoms with E-state index in [1.807, 2.05) is 0 Å². The first kappa shape index (κ1) is 13.2. The number of tetrazole rings is 1. The number of carboxylic acid groups (broad SMARTS) is 1. The number of rotatable bonds is 4. The fourth-order valence-electron chi connectivity index (χ4n) is 2.22. The Morgan fingerprint density at radius 1 is 1.50 bits per heavy atom. The van der Waals surface area contributed by atoms with Crippen LogP contribution in [0.3, 0.4) is 0 Å². The van der Waals surface area contributed by atoms with E-state index in [0.29, 0.717) is 17.5 Å². The average molecular weight is 298 g/mol. The van der Waals surface area contributed by atoms with Crippen LogP contribution in [-0.2, 0) is 11.3 Å². The summed E-state index contributed by atoms with van der Waals surface area (Å²) in [6.07, 6.45) is 2.11. The Bertz CT molecular complexity index is 505. The largest absolute Gasteiger partial charge is 0.480 e. The van der Waals surface area contributed by atoms with E-state index in [-0.39, 0.29) is 17.9 Å². The Morgan fingerprint density at radius 3 is 2.90 bits per heavy atom. The van der Waals surface area contributed by atoms with Crippen LogP contribution in [-0.4, -0.2) is 59.8 Å². The van der Waals surface area contributed by atoms with Gasteiger partial charge in [0.15, 0.2) is 5.82 Å². The number of H-pyrrole nitrogens is 1. The summed E-state index contributed by atoms with van der Waals surface area (Å²) >= 11 is 1.54. The maximum Gasteiger partial charge on any atom is 0.327 e. The summed E-state index contributed by atoms with van der Waals surface area (Å²) in [7, 11) is 0. The highest BCUT2D eigenvalue weighted by Crippen LogP contribution is 2.45. The van der Waals surface area contributed by atoms with Gasteiger partial charge in [0.2, 0.25) is 0 Å². The highest BCUT2D eigenvalue weighted by atomic mass is 32.2. The van der Waals surface area contributed by atoms with E-state index in [9.17, 15) is 14.7 Å². The van der Waals surface area contributed by atoms with Crippen molar-refractivity contribution in [2.24, 2.45) is 5.92 Å². The summed E-state index contributed by atoms with van der Waals surface area (Å²) in [4.78, 5) is 25.0. The molecule has 2 heterocycles. The third kappa shape index (κ3) is 2.55. The van der Waals surface area contributed by atoms with E-state index in [0.717, 1.165) is 12.8 Å². The molecule has 2 unspecified atom stereocenters. The molecule has 1 aromatic heterocycles. The summed E-state index contributed by atoms with van der Waals surface area (Å²) in [6, 6.07) is -1.15. The van der Waals surface area contributed by atoms with Crippen LogP contribution in [0.2, 0.25) is 0 Å². The molecule has 3 N–H and O–H groups in total. The Hall–Kier alpha value is -1.84. The van der Waals surface area contributed by atoms with Gasteiger partial charge in [-0.05, 0) is 18.8 Å². The minimum atomic E-state index is -0.963. The van der Waals surface area contributed by atoms with Crippen molar-refractivity contribution in [3.05, 3.63) is 5.82 Å². The van der Waals surface area contributed by atoms with E-state index in [2.05, 4.69) is 25.9 Å². The fraction of sp³-hybridized carbons (Fsp3) is 0.700.